The van der Waals surface area contributed by atoms with Crippen molar-refractivity contribution in [3.05, 3.63) is 87.9 Å². The molecule has 1 N–H and O–H groups in total. The molecular formula is C21H12FN3O5S. The molecule has 31 heavy (non-hydrogen) atoms. The quantitative estimate of drug-likeness (QED) is 0.219. The van der Waals surface area contributed by atoms with Crippen molar-refractivity contribution in [3.63, 3.8) is 0 Å². The van der Waals surface area contributed by atoms with Gasteiger partial charge in [-0.05, 0) is 60.8 Å². The zero-order chi connectivity index (χ0) is 22.1. The average Bonchev–Trinajstić information content (AvgIpc) is 3.20. The number of amides is 2. The molecule has 1 fully saturated rings. The molecule has 154 valence electrons. The minimum Gasteiger partial charge on any atom is -0.457 e. The van der Waals surface area contributed by atoms with E-state index in [2.05, 4.69) is 5.32 Å². The predicted molar refractivity (Wildman–Crippen MR) is 113 cm³/mol. The summed E-state index contributed by atoms with van der Waals surface area (Å²) in [6.45, 7) is 0. The van der Waals surface area contributed by atoms with Crippen molar-refractivity contribution in [2.45, 2.75) is 0 Å². The number of halogens is 1. The lowest BCUT2D eigenvalue weighted by atomic mass is 10.1. The van der Waals surface area contributed by atoms with Gasteiger partial charge in [-0.1, -0.05) is 6.07 Å². The second kappa shape index (κ2) is 7.92. The first-order valence-electron chi connectivity index (χ1n) is 8.85. The van der Waals surface area contributed by atoms with E-state index in [1.165, 1.54) is 48.5 Å². The number of carbonyl (C=O) groups is 2. The molecule has 8 nitrogen and oxygen atoms in total. The summed E-state index contributed by atoms with van der Waals surface area (Å²) >= 11 is 5.07. The number of nitrogens with zero attached hydrogens (tertiary/aromatic N) is 2. The lowest BCUT2D eigenvalue weighted by Crippen LogP contribution is -2.54. The molecule has 0 spiro atoms. The second-order valence-corrected chi connectivity index (χ2v) is 6.83. The van der Waals surface area contributed by atoms with Gasteiger partial charge >= 0.3 is 0 Å². The molecule has 0 aliphatic carbocycles. The number of carbonyl (C=O) groups excluding carboxylic acids is 2. The van der Waals surface area contributed by atoms with Crippen LogP contribution in [0.3, 0.4) is 0 Å². The Morgan fingerprint density at radius 1 is 1.10 bits per heavy atom. The summed E-state index contributed by atoms with van der Waals surface area (Å²) < 4.78 is 19.3. The molecule has 1 aliphatic rings. The van der Waals surface area contributed by atoms with Crippen LogP contribution in [-0.4, -0.2) is 21.9 Å². The molecule has 10 heteroatoms. The molecule has 2 amide bonds. The van der Waals surface area contributed by atoms with Crippen LogP contribution in [0.15, 0.2) is 70.7 Å². The third-order valence-corrected chi connectivity index (χ3v) is 4.73. The lowest BCUT2D eigenvalue weighted by Gasteiger charge is -2.28. The van der Waals surface area contributed by atoms with Crippen molar-refractivity contribution in [1.82, 2.24) is 5.32 Å². The third-order valence-electron chi connectivity index (χ3n) is 4.44. The van der Waals surface area contributed by atoms with E-state index in [-0.39, 0.29) is 27.8 Å². The van der Waals surface area contributed by atoms with E-state index in [0.717, 1.165) is 11.0 Å². The minimum absolute atomic E-state index is 0.0597. The molecule has 0 unspecified atom stereocenters. The SMILES string of the molecule is O=C1NC(=S)N(c2cccc(F)c2)C(=O)/C1=C\c1ccc(-c2ccc([N+](=O)[O-])cc2)o1. The number of thiocarbonyl (C=S) groups is 1. The van der Waals surface area contributed by atoms with Crippen LogP contribution < -0.4 is 10.2 Å². The van der Waals surface area contributed by atoms with E-state index in [4.69, 9.17) is 16.6 Å². The van der Waals surface area contributed by atoms with Gasteiger partial charge in [0.1, 0.15) is 22.9 Å². The van der Waals surface area contributed by atoms with Crippen molar-refractivity contribution < 1.29 is 23.3 Å². The molecule has 0 saturated carbocycles. The van der Waals surface area contributed by atoms with E-state index in [1.54, 1.807) is 12.1 Å². The van der Waals surface area contributed by atoms with Crippen molar-refractivity contribution in [2.24, 2.45) is 0 Å². The normalized spacial score (nSPS) is 15.3. The number of hydrogen-bond donors (Lipinski definition) is 1. The molecule has 0 radical (unpaired) electrons. The Hall–Kier alpha value is -4.18. The highest BCUT2D eigenvalue weighted by atomic mass is 32.1. The Bertz CT molecular complexity index is 1270. The molecule has 1 aliphatic heterocycles. The highest BCUT2D eigenvalue weighted by Gasteiger charge is 2.34. The van der Waals surface area contributed by atoms with Gasteiger partial charge in [0, 0.05) is 17.7 Å². The number of hydrogen-bond acceptors (Lipinski definition) is 6. The number of anilines is 1. The monoisotopic (exact) mass is 437 g/mol. The number of rotatable bonds is 4. The molecule has 4 rings (SSSR count). The maximum absolute atomic E-state index is 13.6. The lowest BCUT2D eigenvalue weighted by molar-refractivity contribution is -0.384. The molecule has 1 saturated heterocycles. The van der Waals surface area contributed by atoms with E-state index in [9.17, 15) is 24.1 Å². The molecule has 1 aromatic heterocycles. The van der Waals surface area contributed by atoms with Gasteiger partial charge in [-0.25, -0.2) is 4.39 Å². The van der Waals surface area contributed by atoms with Gasteiger partial charge in [-0.2, -0.15) is 0 Å². The van der Waals surface area contributed by atoms with Crippen LogP contribution in [0.4, 0.5) is 15.8 Å². The number of nitro benzene ring substituents is 1. The maximum atomic E-state index is 13.6. The standard InChI is InChI=1S/C21H12FN3O5S/c22-13-2-1-3-15(10-13)24-20(27)17(19(26)23-21(24)31)11-16-8-9-18(30-16)12-4-6-14(7-5-12)25(28)29/h1-11H,(H,23,26,31)/b17-11-. The second-order valence-electron chi connectivity index (χ2n) is 6.44. The number of furan rings is 1. The fourth-order valence-corrected chi connectivity index (χ4v) is 3.26. The molecule has 0 bridgehead atoms. The number of nitrogens with one attached hydrogen (secondary N) is 1. The van der Waals surface area contributed by atoms with Crippen molar-refractivity contribution in [2.75, 3.05) is 4.90 Å². The van der Waals surface area contributed by atoms with Crippen LogP contribution in [-0.2, 0) is 9.59 Å². The van der Waals surface area contributed by atoms with Crippen molar-refractivity contribution >= 4 is 46.6 Å². The van der Waals surface area contributed by atoms with Gasteiger partial charge in [0.2, 0.25) is 0 Å². The van der Waals surface area contributed by atoms with Gasteiger partial charge in [0.15, 0.2) is 5.11 Å². The number of benzene rings is 2. The first kappa shape index (κ1) is 20.1. The van der Waals surface area contributed by atoms with Crippen LogP contribution in [0, 0.1) is 15.9 Å². The van der Waals surface area contributed by atoms with Crippen LogP contribution in [0.1, 0.15) is 5.76 Å². The van der Waals surface area contributed by atoms with Crippen molar-refractivity contribution in [1.29, 1.82) is 0 Å². The summed E-state index contributed by atoms with van der Waals surface area (Å²) in [6, 6.07) is 14.1. The van der Waals surface area contributed by atoms with Gasteiger partial charge in [0.25, 0.3) is 17.5 Å². The van der Waals surface area contributed by atoms with E-state index >= 15 is 0 Å². The Balaban J connectivity index is 1.64. The number of nitro groups is 1. The topological polar surface area (TPSA) is 106 Å². The highest BCUT2D eigenvalue weighted by Crippen LogP contribution is 2.27. The maximum Gasteiger partial charge on any atom is 0.270 e. The molecular weight excluding hydrogens is 425 g/mol. The fourth-order valence-electron chi connectivity index (χ4n) is 2.98. The Morgan fingerprint density at radius 2 is 1.84 bits per heavy atom. The first-order valence-corrected chi connectivity index (χ1v) is 9.26. The Kier molecular flexibility index (Phi) is 5.14. The van der Waals surface area contributed by atoms with Gasteiger partial charge < -0.3 is 4.42 Å². The minimum atomic E-state index is -0.729. The fraction of sp³-hybridized carbons (Fsp3) is 0. The Morgan fingerprint density at radius 3 is 2.52 bits per heavy atom. The molecule has 0 atom stereocenters. The predicted octanol–water partition coefficient (Wildman–Crippen LogP) is 3.83. The smallest absolute Gasteiger partial charge is 0.270 e. The van der Waals surface area contributed by atoms with Crippen LogP contribution in [0.25, 0.3) is 17.4 Å². The first-order chi connectivity index (χ1) is 14.8. The zero-order valence-corrected chi connectivity index (χ0v) is 16.4. The largest absolute Gasteiger partial charge is 0.457 e. The highest BCUT2D eigenvalue weighted by molar-refractivity contribution is 7.80. The summed E-state index contributed by atoms with van der Waals surface area (Å²) in [6.07, 6.45) is 1.25. The van der Waals surface area contributed by atoms with Gasteiger partial charge in [0.05, 0.1) is 10.6 Å². The summed E-state index contributed by atoms with van der Waals surface area (Å²) in [5, 5.41) is 13.0. The molecule has 2 heterocycles. The Labute approximate surface area is 179 Å². The number of non-ortho nitro benzene ring substituents is 1. The van der Waals surface area contributed by atoms with Gasteiger partial charge in [-0.15, -0.1) is 0 Å². The summed E-state index contributed by atoms with van der Waals surface area (Å²) in [7, 11) is 0. The van der Waals surface area contributed by atoms with Crippen molar-refractivity contribution in [3.8, 4) is 11.3 Å². The van der Waals surface area contributed by atoms with Crippen LogP contribution >= 0.6 is 12.2 Å². The van der Waals surface area contributed by atoms with E-state index in [0.29, 0.717) is 11.3 Å². The summed E-state index contributed by atoms with van der Waals surface area (Å²) in [4.78, 5) is 36.6. The third kappa shape index (κ3) is 3.96. The van der Waals surface area contributed by atoms with Crippen LogP contribution in [0.5, 0.6) is 0 Å². The molecule has 2 aromatic carbocycles. The van der Waals surface area contributed by atoms with E-state index in [1.807, 2.05) is 0 Å². The summed E-state index contributed by atoms with van der Waals surface area (Å²) in [5.41, 5.74) is 0.446. The van der Waals surface area contributed by atoms with E-state index < -0.39 is 22.6 Å². The molecule has 3 aromatic rings. The summed E-state index contributed by atoms with van der Waals surface area (Å²) in [5.74, 6) is -1.40. The average molecular weight is 437 g/mol. The zero-order valence-electron chi connectivity index (χ0n) is 15.6. The van der Waals surface area contributed by atoms with Crippen LogP contribution in [0.2, 0.25) is 0 Å². The van der Waals surface area contributed by atoms with Gasteiger partial charge in [-0.3, -0.25) is 29.9 Å².